The summed E-state index contributed by atoms with van der Waals surface area (Å²) in [5.74, 6) is 0. The third kappa shape index (κ3) is 12.5. The second-order valence-corrected chi connectivity index (χ2v) is 11.6. The largest absolute Gasteiger partial charge is 0.374 e. The topological polar surface area (TPSA) is 46.2 Å². The van der Waals surface area contributed by atoms with Gasteiger partial charge in [0.05, 0.1) is 26.4 Å². The van der Waals surface area contributed by atoms with Crippen LogP contribution in [0.2, 0.25) is 0 Å². The third-order valence-electron chi connectivity index (χ3n) is 8.01. The Labute approximate surface area is 259 Å². The van der Waals surface area contributed by atoms with Gasteiger partial charge >= 0.3 is 0 Å². The molecule has 0 saturated carbocycles. The molecular weight excluding hydrogens is 536 g/mol. The van der Waals surface area contributed by atoms with Crippen molar-refractivity contribution in [2.75, 3.05) is 13.2 Å². The molecule has 3 aromatic carbocycles. The summed E-state index contributed by atoms with van der Waals surface area (Å²) in [4.78, 5) is 0. The van der Waals surface area contributed by atoms with Crippen molar-refractivity contribution in [1.29, 1.82) is 0 Å². The highest BCUT2D eigenvalue weighted by atomic mass is 16.7. The van der Waals surface area contributed by atoms with Gasteiger partial charge in [-0.05, 0) is 23.1 Å². The van der Waals surface area contributed by atoms with Gasteiger partial charge in [-0.15, -0.1) is 0 Å². The van der Waals surface area contributed by atoms with Crippen LogP contribution < -0.4 is 0 Å². The molecule has 43 heavy (non-hydrogen) atoms. The van der Waals surface area contributed by atoms with Gasteiger partial charge in [-0.1, -0.05) is 156 Å². The molecule has 0 radical (unpaired) electrons. The lowest BCUT2D eigenvalue weighted by Crippen LogP contribution is -2.39. The van der Waals surface area contributed by atoms with Crippen LogP contribution in [0.15, 0.2) is 91.0 Å². The molecule has 0 bridgehead atoms. The van der Waals surface area contributed by atoms with Crippen LogP contribution in [0.1, 0.15) is 87.8 Å². The van der Waals surface area contributed by atoms with E-state index >= 15 is 0 Å². The van der Waals surface area contributed by atoms with Gasteiger partial charge in [-0.2, -0.15) is 0 Å². The Bertz CT molecular complexity index is 1080. The molecule has 1 fully saturated rings. The summed E-state index contributed by atoms with van der Waals surface area (Å²) in [6, 6.07) is 30.7. The first kappa shape index (κ1) is 33.4. The van der Waals surface area contributed by atoms with Gasteiger partial charge in [0.25, 0.3) is 0 Å². The minimum Gasteiger partial charge on any atom is -0.374 e. The van der Waals surface area contributed by atoms with Gasteiger partial charge in [0.1, 0.15) is 18.3 Å². The maximum atomic E-state index is 6.53. The Hall–Kier alpha value is -2.54. The molecule has 234 valence electrons. The molecule has 1 aliphatic heterocycles. The van der Waals surface area contributed by atoms with Crippen LogP contribution in [0.5, 0.6) is 0 Å². The predicted molar refractivity (Wildman–Crippen MR) is 173 cm³/mol. The lowest BCUT2D eigenvalue weighted by Gasteiger charge is -2.25. The fraction of sp³-hybridized carbons (Fsp3) is 0.526. The van der Waals surface area contributed by atoms with E-state index in [0.29, 0.717) is 33.0 Å². The zero-order valence-corrected chi connectivity index (χ0v) is 26.1. The molecule has 4 rings (SSSR count). The van der Waals surface area contributed by atoms with Gasteiger partial charge in [0.2, 0.25) is 0 Å². The second kappa shape index (κ2) is 20.4. The first-order valence-electron chi connectivity index (χ1n) is 16.5. The summed E-state index contributed by atoms with van der Waals surface area (Å²) in [6.07, 6.45) is 11.4. The summed E-state index contributed by atoms with van der Waals surface area (Å²) in [5.41, 5.74) is 3.36. The van der Waals surface area contributed by atoms with Crippen LogP contribution in [-0.4, -0.2) is 37.8 Å². The van der Waals surface area contributed by atoms with E-state index in [4.69, 9.17) is 23.7 Å². The van der Waals surface area contributed by atoms with Gasteiger partial charge in [-0.25, -0.2) is 0 Å². The Morgan fingerprint density at radius 3 is 1.51 bits per heavy atom. The first-order valence-corrected chi connectivity index (χ1v) is 16.5. The van der Waals surface area contributed by atoms with Crippen LogP contribution in [0.25, 0.3) is 0 Å². The quantitative estimate of drug-likeness (QED) is 0.110. The van der Waals surface area contributed by atoms with Gasteiger partial charge in [0.15, 0.2) is 6.29 Å². The molecule has 0 aromatic heterocycles. The predicted octanol–water partition coefficient (Wildman–Crippen LogP) is 9.04. The van der Waals surface area contributed by atoms with Crippen LogP contribution >= 0.6 is 0 Å². The van der Waals surface area contributed by atoms with E-state index < -0.39 is 6.29 Å². The average molecular weight is 589 g/mol. The fourth-order valence-electron chi connectivity index (χ4n) is 5.53. The van der Waals surface area contributed by atoms with Crippen LogP contribution in [0, 0.1) is 0 Å². The lowest BCUT2D eigenvalue weighted by molar-refractivity contribution is -0.185. The maximum Gasteiger partial charge on any atom is 0.186 e. The molecule has 0 amide bonds. The van der Waals surface area contributed by atoms with Crippen molar-refractivity contribution in [1.82, 2.24) is 0 Å². The van der Waals surface area contributed by atoms with Crippen LogP contribution in [0.4, 0.5) is 0 Å². The van der Waals surface area contributed by atoms with Gasteiger partial charge in [0, 0.05) is 6.61 Å². The Morgan fingerprint density at radius 2 is 0.977 bits per heavy atom. The summed E-state index contributed by atoms with van der Waals surface area (Å²) < 4.78 is 32.1. The minimum atomic E-state index is -0.506. The highest BCUT2D eigenvalue weighted by molar-refractivity contribution is 5.15. The molecule has 0 spiro atoms. The number of unbranched alkanes of at least 4 members (excludes halogenated alkanes) is 9. The SMILES string of the molecule is CCCCCCCCCCCCO[C@@H]1O[C@H](COCc2ccccc2)[C@@H](OCc2ccccc2)[C@H]1OCc1ccccc1. The average Bonchev–Trinajstić information content (AvgIpc) is 3.38. The van der Waals surface area contributed by atoms with E-state index in [0.717, 1.165) is 23.1 Å². The Morgan fingerprint density at radius 1 is 0.512 bits per heavy atom. The maximum absolute atomic E-state index is 6.53. The minimum absolute atomic E-state index is 0.300. The van der Waals surface area contributed by atoms with E-state index in [2.05, 4.69) is 43.3 Å². The molecule has 5 heteroatoms. The summed E-state index contributed by atoms with van der Waals surface area (Å²) in [5, 5.41) is 0. The van der Waals surface area contributed by atoms with Crippen LogP contribution in [0.3, 0.4) is 0 Å². The highest BCUT2D eigenvalue weighted by Crippen LogP contribution is 2.30. The molecule has 3 aromatic rings. The van der Waals surface area contributed by atoms with Crippen molar-refractivity contribution in [3.05, 3.63) is 108 Å². The number of hydrogen-bond acceptors (Lipinski definition) is 5. The van der Waals surface area contributed by atoms with Crippen molar-refractivity contribution >= 4 is 0 Å². The van der Waals surface area contributed by atoms with E-state index in [1.54, 1.807) is 0 Å². The van der Waals surface area contributed by atoms with E-state index in [9.17, 15) is 0 Å². The molecule has 0 aliphatic carbocycles. The molecule has 4 atom stereocenters. The summed E-state index contributed by atoms with van der Waals surface area (Å²) >= 11 is 0. The van der Waals surface area contributed by atoms with Crippen molar-refractivity contribution in [3.63, 3.8) is 0 Å². The highest BCUT2D eigenvalue weighted by Gasteiger charge is 2.47. The molecule has 0 unspecified atom stereocenters. The molecule has 1 saturated heterocycles. The Kier molecular flexibility index (Phi) is 15.8. The van der Waals surface area contributed by atoms with Crippen LogP contribution in [-0.2, 0) is 43.5 Å². The smallest absolute Gasteiger partial charge is 0.186 e. The van der Waals surface area contributed by atoms with E-state index in [1.807, 2.05) is 54.6 Å². The Balaban J connectivity index is 1.32. The van der Waals surface area contributed by atoms with E-state index in [-0.39, 0.29) is 18.3 Å². The van der Waals surface area contributed by atoms with E-state index in [1.165, 1.54) is 57.8 Å². The summed E-state index contributed by atoms with van der Waals surface area (Å²) in [7, 11) is 0. The number of benzene rings is 3. The zero-order chi connectivity index (χ0) is 29.8. The monoisotopic (exact) mass is 588 g/mol. The number of rotatable bonds is 22. The standard InChI is InChI=1S/C38H52O5/c1-2-3-4-5-6-7-8-9-10-20-27-40-38-37(42-30-34-25-18-13-19-26-34)36(41-29-33-23-16-12-17-24-33)35(43-38)31-39-28-32-21-14-11-15-22-32/h11-19,21-26,35-38H,2-10,20,27-31H2,1H3/t35-,36-,37-,38-/m1/s1. The fourth-order valence-corrected chi connectivity index (χ4v) is 5.53. The van der Waals surface area contributed by atoms with Crippen molar-refractivity contribution < 1.29 is 23.7 Å². The summed E-state index contributed by atoms with van der Waals surface area (Å²) in [6.45, 7) is 4.78. The first-order chi connectivity index (χ1) is 21.3. The van der Waals surface area contributed by atoms with Gasteiger partial charge < -0.3 is 23.7 Å². The van der Waals surface area contributed by atoms with Crippen molar-refractivity contribution in [2.24, 2.45) is 0 Å². The number of ether oxygens (including phenoxy) is 5. The lowest BCUT2D eigenvalue weighted by atomic mass is 10.1. The third-order valence-corrected chi connectivity index (χ3v) is 8.01. The number of hydrogen-bond donors (Lipinski definition) is 0. The molecule has 1 heterocycles. The molecule has 5 nitrogen and oxygen atoms in total. The molecular formula is C38H52O5. The molecule has 0 N–H and O–H groups in total. The molecule has 1 aliphatic rings. The zero-order valence-electron chi connectivity index (χ0n) is 26.1. The second-order valence-electron chi connectivity index (χ2n) is 11.6. The van der Waals surface area contributed by atoms with Crippen molar-refractivity contribution in [3.8, 4) is 0 Å². The normalized spacial score (nSPS) is 20.0. The van der Waals surface area contributed by atoms with Crippen molar-refractivity contribution in [2.45, 2.75) is 116 Å². The van der Waals surface area contributed by atoms with Gasteiger partial charge in [-0.3, -0.25) is 0 Å².